The number of hydrogen-bond acceptors (Lipinski definition) is 4. The summed E-state index contributed by atoms with van der Waals surface area (Å²) in [6, 6.07) is 7.75. The van der Waals surface area contributed by atoms with E-state index in [2.05, 4.69) is 11.0 Å². The maximum Gasteiger partial charge on any atom is 0.101 e. The van der Waals surface area contributed by atoms with Crippen molar-refractivity contribution in [1.29, 1.82) is 5.26 Å². The van der Waals surface area contributed by atoms with Crippen LogP contribution in [0.3, 0.4) is 0 Å². The molecule has 0 aromatic heterocycles. The van der Waals surface area contributed by atoms with Gasteiger partial charge in [0, 0.05) is 19.7 Å². The Labute approximate surface area is 108 Å². The minimum atomic E-state index is 0.367. The molecule has 18 heavy (non-hydrogen) atoms. The van der Waals surface area contributed by atoms with E-state index in [-0.39, 0.29) is 0 Å². The van der Waals surface area contributed by atoms with E-state index in [9.17, 15) is 0 Å². The van der Waals surface area contributed by atoms with Crippen LogP contribution in [0.4, 0.5) is 11.4 Å². The standard InChI is InChI=1S/C14H19N3O/c1-2-18-12-6-8-17(9-7-12)13-5-3-4-11(10-15)14(13)16/h3-5,12H,2,6-9,16H2,1H3. The quantitative estimate of drug-likeness (QED) is 0.829. The monoisotopic (exact) mass is 245 g/mol. The lowest BCUT2D eigenvalue weighted by atomic mass is 10.1. The zero-order chi connectivity index (χ0) is 13.0. The number of rotatable bonds is 3. The lowest BCUT2D eigenvalue weighted by molar-refractivity contribution is 0.0459. The molecule has 1 aliphatic heterocycles. The van der Waals surface area contributed by atoms with Crippen molar-refractivity contribution < 1.29 is 4.74 Å². The van der Waals surface area contributed by atoms with E-state index in [0.717, 1.165) is 38.2 Å². The number of para-hydroxylation sites is 1. The summed E-state index contributed by atoms with van der Waals surface area (Å²) in [5.74, 6) is 0. The maximum atomic E-state index is 8.98. The van der Waals surface area contributed by atoms with Gasteiger partial charge in [0.1, 0.15) is 6.07 Å². The predicted molar refractivity (Wildman–Crippen MR) is 72.4 cm³/mol. The van der Waals surface area contributed by atoms with E-state index in [1.165, 1.54) is 0 Å². The highest BCUT2D eigenvalue weighted by molar-refractivity contribution is 5.74. The first-order chi connectivity index (χ1) is 8.76. The molecule has 4 nitrogen and oxygen atoms in total. The van der Waals surface area contributed by atoms with E-state index in [4.69, 9.17) is 15.7 Å². The molecule has 1 fully saturated rings. The van der Waals surface area contributed by atoms with Crippen LogP contribution in [0, 0.1) is 11.3 Å². The van der Waals surface area contributed by atoms with Gasteiger partial charge in [-0.1, -0.05) is 6.07 Å². The molecule has 96 valence electrons. The second-order valence-electron chi connectivity index (χ2n) is 4.49. The molecule has 4 heteroatoms. The number of benzene rings is 1. The average Bonchev–Trinajstić information content (AvgIpc) is 2.41. The Hall–Kier alpha value is -1.73. The Morgan fingerprint density at radius 1 is 1.44 bits per heavy atom. The SMILES string of the molecule is CCOC1CCN(c2cccc(C#N)c2N)CC1. The molecule has 1 aliphatic rings. The Kier molecular flexibility index (Phi) is 4.06. The van der Waals surface area contributed by atoms with E-state index in [0.29, 0.717) is 17.4 Å². The summed E-state index contributed by atoms with van der Waals surface area (Å²) in [7, 11) is 0. The molecule has 0 saturated carbocycles. The van der Waals surface area contributed by atoms with Gasteiger partial charge in [0.15, 0.2) is 0 Å². The fourth-order valence-corrected chi connectivity index (χ4v) is 2.43. The van der Waals surface area contributed by atoms with Crippen LogP contribution in [-0.4, -0.2) is 25.8 Å². The first kappa shape index (κ1) is 12.7. The van der Waals surface area contributed by atoms with Gasteiger partial charge in [0.25, 0.3) is 0 Å². The van der Waals surface area contributed by atoms with Crippen LogP contribution in [0.5, 0.6) is 0 Å². The van der Waals surface area contributed by atoms with Crippen molar-refractivity contribution in [3.05, 3.63) is 23.8 Å². The molecule has 2 rings (SSSR count). The highest BCUT2D eigenvalue weighted by Gasteiger charge is 2.21. The van der Waals surface area contributed by atoms with E-state index >= 15 is 0 Å². The summed E-state index contributed by atoms with van der Waals surface area (Å²) in [5, 5.41) is 8.98. The minimum absolute atomic E-state index is 0.367. The third-order valence-corrected chi connectivity index (χ3v) is 3.39. The van der Waals surface area contributed by atoms with Crippen molar-refractivity contribution in [2.45, 2.75) is 25.9 Å². The van der Waals surface area contributed by atoms with E-state index in [1.807, 2.05) is 19.1 Å². The Morgan fingerprint density at radius 2 is 2.17 bits per heavy atom. The van der Waals surface area contributed by atoms with Crippen molar-refractivity contribution in [2.75, 3.05) is 30.3 Å². The fourth-order valence-electron chi connectivity index (χ4n) is 2.43. The lowest BCUT2D eigenvalue weighted by Gasteiger charge is -2.34. The number of nitriles is 1. The van der Waals surface area contributed by atoms with Crippen molar-refractivity contribution >= 4 is 11.4 Å². The summed E-state index contributed by atoms with van der Waals surface area (Å²) in [6.07, 6.45) is 2.40. The number of hydrogen-bond donors (Lipinski definition) is 1. The molecule has 1 saturated heterocycles. The first-order valence-electron chi connectivity index (χ1n) is 6.41. The molecule has 0 spiro atoms. The summed E-state index contributed by atoms with van der Waals surface area (Å²) in [5.41, 5.74) is 8.15. The number of piperidine rings is 1. The number of ether oxygens (including phenoxy) is 1. The van der Waals surface area contributed by atoms with Gasteiger partial charge in [-0.25, -0.2) is 0 Å². The zero-order valence-corrected chi connectivity index (χ0v) is 10.7. The zero-order valence-electron chi connectivity index (χ0n) is 10.7. The Bertz CT molecular complexity index is 445. The second kappa shape index (κ2) is 5.74. The molecule has 0 amide bonds. The van der Waals surface area contributed by atoms with Crippen LogP contribution in [0.15, 0.2) is 18.2 Å². The number of nitrogen functional groups attached to an aromatic ring is 1. The Balaban J connectivity index is 2.08. The molecule has 0 radical (unpaired) electrons. The van der Waals surface area contributed by atoms with Gasteiger partial charge >= 0.3 is 0 Å². The molecule has 1 heterocycles. The topological polar surface area (TPSA) is 62.3 Å². The van der Waals surface area contributed by atoms with Crippen LogP contribution in [0.1, 0.15) is 25.3 Å². The molecular formula is C14H19N3O. The maximum absolute atomic E-state index is 8.98. The van der Waals surface area contributed by atoms with Gasteiger partial charge < -0.3 is 15.4 Å². The lowest BCUT2D eigenvalue weighted by Crippen LogP contribution is -2.37. The number of nitrogens with two attached hydrogens (primary N) is 1. The van der Waals surface area contributed by atoms with Crippen molar-refractivity contribution in [3.8, 4) is 6.07 Å². The van der Waals surface area contributed by atoms with Gasteiger partial charge in [0.2, 0.25) is 0 Å². The Morgan fingerprint density at radius 3 is 2.78 bits per heavy atom. The smallest absolute Gasteiger partial charge is 0.101 e. The molecular weight excluding hydrogens is 226 g/mol. The van der Waals surface area contributed by atoms with Crippen LogP contribution in [0.25, 0.3) is 0 Å². The van der Waals surface area contributed by atoms with Gasteiger partial charge in [0.05, 0.1) is 23.0 Å². The molecule has 0 aliphatic carbocycles. The van der Waals surface area contributed by atoms with Crippen molar-refractivity contribution in [3.63, 3.8) is 0 Å². The van der Waals surface area contributed by atoms with Crippen molar-refractivity contribution in [2.24, 2.45) is 0 Å². The molecule has 2 N–H and O–H groups in total. The summed E-state index contributed by atoms with van der Waals surface area (Å²) in [4.78, 5) is 2.24. The van der Waals surface area contributed by atoms with Crippen LogP contribution in [-0.2, 0) is 4.74 Å². The van der Waals surface area contributed by atoms with E-state index < -0.39 is 0 Å². The highest BCUT2D eigenvalue weighted by atomic mass is 16.5. The normalized spacial score (nSPS) is 16.6. The summed E-state index contributed by atoms with van der Waals surface area (Å²) < 4.78 is 5.63. The molecule has 0 unspecified atom stereocenters. The van der Waals surface area contributed by atoms with Gasteiger partial charge in [-0.15, -0.1) is 0 Å². The molecule has 0 bridgehead atoms. The second-order valence-corrected chi connectivity index (χ2v) is 4.49. The molecule has 1 aromatic rings. The minimum Gasteiger partial charge on any atom is -0.396 e. The third kappa shape index (κ3) is 2.57. The van der Waals surface area contributed by atoms with Gasteiger partial charge in [-0.3, -0.25) is 0 Å². The van der Waals surface area contributed by atoms with E-state index in [1.54, 1.807) is 6.07 Å². The first-order valence-corrected chi connectivity index (χ1v) is 6.41. The van der Waals surface area contributed by atoms with Crippen LogP contribution in [0.2, 0.25) is 0 Å². The largest absolute Gasteiger partial charge is 0.396 e. The van der Waals surface area contributed by atoms with Gasteiger partial charge in [-0.05, 0) is 31.9 Å². The van der Waals surface area contributed by atoms with Crippen molar-refractivity contribution in [1.82, 2.24) is 0 Å². The summed E-state index contributed by atoms with van der Waals surface area (Å²) in [6.45, 7) is 4.67. The fraction of sp³-hybridized carbons (Fsp3) is 0.500. The number of anilines is 2. The molecule has 1 aromatic carbocycles. The summed E-state index contributed by atoms with van der Waals surface area (Å²) >= 11 is 0. The highest BCUT2D eigenvalue weighted by Crippen LogP contribution is 2.29. The number of nitrogens with zero attached hydrogens (tertiary/aromatic N) is 2. The third-order valence-electron chi connectivity index (χ3n) is 3.39. The average molecular weight is 245 g/mol. The molecule has 0 atom stereocenters. The van der Waals surface area contributed by atoms with Crippen LogP contribution < -0.4 is 10.6 Å². The van der Waals surface area contributed by atoms with Crippen LogP contribution >= 0.6 is 0 Å². The predicted octanol–water partition coefficient (Wildman–Crippen LogP) is 2.15. The van der Waals surface area contributed by atoms with Gasteiger partial charge in [-0.2, -0.15) is 5.26 Å².